The molecule has 1 aliphatic rings. The highest BCUT2D eigenvalue weighted by Gasteiger charge is 2.16. The van der Waals surface area contributed by atoms with Crippen LogP contribution in [-0.4, -0.2) is 48.8 Å². The zero-order chi connectivity index (χ0) is 19.6. The fraction of sp³-hybridized carbons (Fsp3) is 0.526. The number of nitrogens with zero attached hydrogens (tertiary/aromatic N) is 1. The molecular formula is C19H25F2N3O3. The summed E-state index contributed by atoms with van der Waals surface area (Å²) in [4.78, 5) is 37.3. The summed E-state index contributed by atoms with van der Waals surface area (Å²) in [6.45, 7) is 1.90. The fourth-order valence-corrected chi connectivity index (χ4v) is 2.92. The summed E-state index contributed by atoms with van der Waals surface area (Å²) in [7, 11) is 0. The molecular weight excluding hydrogens is 356 g/mol. The summed E-state index contributed by atoms with van der Waals surface area (Å²) in [5.74, 6) is -2.46. The number of likely N-dealkylation sites (tertiary alicyclic amines) is 1. The van der Waals surface area contributed by atoms with Crippen LogP contribution < -0.4 is 10.6 Å². The van der Waals surface area contributed by atoms with Gasteiger partial charge in [0.15, 0.2) is 0 Å². The molecule has 1 aliphatic heterocycles. The van der Waals surface area contributed by atoms with Crippen LogP contribution in [0.4, 0.5) is 8.78 Å². The zero-order valence-electron chi connectivity index (χ0n) is 15.2. The third-order valence-corrected chi connectivity index (χ3v) is 4.41. The van der Waals surface area contributed by atoms with E-state index in [0.29, 0.717) is 32.0 Å². The van der Waals surface area contributed by atoms with Crippen molar-refractivity contribution in [3.8, 4) is 0 Å². The van der Waals surface area contributed by atoms with Crippen molar-refractivity contribution >= 4 is 17.7 Å². The standard InChI is InChI=1S/C19H25F2N3O3/c20-14-6-7-15(16(21)13-14)19(27)23-10-8-17(25)22-9-4-12-24-11-3-1-2-5-18(24)26/h6-7,13H,1-5,8-12H2,(H,22,25)(H,23,27). The van der Waals surface area contributed by atoms with E-state index in [9.17, 15) is 23.2 Å². The number of hydrogen-bond acceptors (Lipinski definition) is 3. The Kier molecular flexibility index (Phi) is 8.16. The third-order valence-electron chi connectivity index (χ3n) is 4.41. The summed E-state index contributed by atoms with van der Waals surface area (Å²) >= 11 is 0. The molecule has 0 saturated carbocycles. The van der Waals surface area contributed by atoms with Gasteiger partial charge in [-0.05, 0) is 31.4 Å². The minimum Gasteiger partial charge on any atom is -0.356 e. The summed E-state index contributed by atoms with van der Waals surface area (Å²) in [5, 5.41) is 5.16. The lowest BCUT2D eigenvalue weighted by Crippen LogP contribution is -2.35. The molecule has 0 atom stereocenters. The molecule has 27 heavy (non-hydrogen) atoms. The van der Waals surface area contributed by atoms with Gasteiger partial charge in [0.05, 0.1) is 5.56 Å². The van der Waals surface area contributed by atoms with Crippen LogP contribution in [0.25, 0.3) is 0 Å². The van der Waals surface area contributed by atoms with E-state index in [4.69, 9.17) is 0 Å². The topological polar surface area (TPSA) is 78.5 Å². The number of carbonyl (C=O) groups is 3. The van der Waals surface area contributed by atoms with Crippen molar-refractivity contribution < 1.29 is 23.2 Å². The summed E-state index contributed by atoms with van der Waals surface area (Å²) < 4.78 is 26.3. The average Bonchev–Trinajstić information content (AvgIpc) is 2.83. The van der Waals surface area contributed by atoms with E-state index in [0.717, 1.165) is 37.9 Å². The first-order valence-electron chi connectivity index (χ1n) is 9.25. The van der Waals surface area contributed by atoms with Crippen LogP contribution in [0, 0.1) is 11.6 Å². The van der Waals surface area contributed by atoms with Gasteiger partial charge in [-0.15, -0.1) is 0 Å². The fourth-order valence-electron chi connectivity index (χ4n) is 2.92. The predicted octanol–water partition coefficient (Wildman–Crippen LogP) is 1.99. The molecule has 2 N–H and O–H groups in total. The van der Waals surface area contributed by atoms with Gasteiger partial charge >= 0.3 is 0 Å². The van der Waals surface area contributed by atoms with E-state index in [1.165, 1.54) is 0 Å². The Morgan fingerprint density at radius 2 is 1.89 bits per heavy atom. The van der Waals surface area contributed by atoms with Crippen LogP contribution >= 0.6 is 0 Å². The van der Waals surface area contributed by atoms with Gasteiger partial charge in [-0.25, -0.2) is 8.78 Å². The van der Waals surface area contributed by atoms with Crippen LogP contribution in [0.5, 0.6) is 0 Å². The second-order valence-electron chi connectivity index (χ2n) is 6.53. The third kappa shape index (κ3) is 6.96. The van der Waals surface area contributed by atoms with Gasteiger partial charge in [0, 0.05) is 45.1 Å². The molecule has 1 aromatic rings. The second kappa shape index (κ2) is 10.6. The largest absolute Gasteiger partial charge is 0.356 e. The van der Waals surface area contributed by atoms with Crippen molar-refractivity contribution in [1.29, 1.82) is 0 Å². The molecule has 1 fully saturated rings. The van der Waals surface area contributed by atoms with E-state index in [1.54, 1.807) is 0 Å². The summed E-state index contributed by atoms with van der Waals surface area (Å²) in [6.07, 6.45) is 4.36. The Morgan fingerprint density at radius 3 is 2.67 bits per heavy atom. The lowest BCUT2D eigenvalue weighted by molar-refractivity contribution is -0.130. The number of halogens is 2. The van der Waals surface area contributed by atoms with Gasteiger partial charge < -0.3 is 15.5 Å². The van der Waals surface area contributed by atoms with Crippen molar-refractivity contribution in [3.05, 3.63) is 35.4 Å². The maximum atomic E-state index is 13.5. The molecule has 1 saturated heterocycles. The minimum atomic E-state index is -0.944. The molecule has 0 aromatic heterocycles. The SMILES string of the molecule is O=C(CCNC(=O)c1ccc(F)cc1F)NCCCN1CCCCCC1=O. The Hall–Kier alpha value is -2.51. The number of nitrogens with one attached hydrogen (secondary N) is 2. The molecule has 0 spiro atoms. The zero-order valence-corrected chi connectivity index (χ0v) is 15.2. The Labute approximate surface area is 157 Å². The van der Waals surface area contributed by atoms with Gasteiger partial charge in [-0.2, -0.15) is 0 Å². The molecule has 0 bridgehead atoms. The molecule has 0 unspecified atom stereocenters. The van der Waals surface area contributed by atoms with Crippen molar-refractivity contribution in [2.75, 3.05) is 26.2 Å². The number of amides is 3. The van der Waals surface area contributed by atoms with Gasteiger partial charge in [0.2, 0.25) is 11.8 Å². The van der Waals surface area contributed by atoms with Crippen LogP contribution in [-0.2, 0) is 9.59 Å². The van der Waals surface area contributed by atoms with E-state index < -0.39 is 17.5 Å². The first-order chi connectivity index (χ1) is 13.0. The molecule has 0 radical (unpaired) electrons. The van der Waals surface area contributed by atoms with E-state index in [1.807, 2.05) is 4.90 Å². The quantitative estimate of drug-likeness (QED) is 0.676. The maximum absolute atomic E-state index is 13.5. The molecule has 148 valence electrons. The number of benzene rings is 1. The Morgan fingerprint density at radius 1 is 1.07 bits per heavy atom. The smallest absolute Gasteiger partial charge is 0.254 e. The van der Waals surface area contributed by atoms with Crippen LogP contribution in [0.3, 0.4) is 0 Å². The molecule has 1 heterocycles. The number of rotatable bonds is 8. The molecule has 2 rings (SSSR count). The molecule has 8 heteroatoms. The van der Waals surface area contributed by atoms with Gasteiger partial charge in [0.1, 0.15) is 11.6 Å². The predicted molar refractivity (Wildman–Crippen MR) is 96.0 cm³/mol. The second-order valence-corrected chi connectivity index (χ2v) is 6.53. The number of carbonyl (C=O) groups excluding carboxylic acids is 3. The Bertz CT molecular complexity index is 682. The van der Waals surface area contributed by atoms with Gasteiger partial charge in [-0.3, -0.25) is 14.4 Å². The lowest BCUT2D eigenvalue weighted by Gasteiger charge is -2.20. The first kappa shape index (κ1) is 20.8. The molecule has 0 aliphatic carbocycles. The van der Waals surface area contributed by atoms with E-state index >= 15 is 0 Å². The minimum absolute atomic E-state index is 0.0477. The van der Waals surface area contributed by atoms with Crippen LogP contribution in [0.1, 0.15) is 48.9 Å². The Balaban J connectivity index is 1.60. The maximum Gasteiger partial charge on any atom is 0.254 e. The first-order valence-corrected chi connectivity index (χ1v) is 9.25. The highest BCUT2D eigenvalue weighted by molar-refractivity contribution is 5.94. The van der Waals surface area contributed by atoms with Crippen molar-refractivity contribution in [3.63, 3.8) is 0 Å². The van der Waals surface area contributed by atoms with Crippen LogP contribution in [0.15, 0.2) is 18.2 Å². The van der Waals surface area contributed by atoms with Gasteiger partial charge in [0.25, 0.3) is 5.91 Å². The van der Waals surface area contributed by atoms with Crippen LogP contribution in [0.2, 0.25) is 0 Å². The average molecular weight is 381 g/mol. The number of hydrogen-bond donors (Lipinski definition) is 2. The summed E-state index contributed by atoms with van der Waals surface area (Å²) in [6, 6.07) is 2.70. The normalized spacial score (nSPS) is 14.6. The molecule has 1 aromatic carbocycles. The lowest BCUT2D eigenvalue weighted by atomic mass is 10.2. The van der Waals surface area contributed by atoms with Gasteiger partial charge in [-0.1, -0.05) is 6.42 Å². The monoisotopic (exact) mass is 381 g/mol. The highest BCUT2D eigenvalue weighted by atomic mass is 19.1. The van der Waals surface area contributed by atoms with Crippen molar-refractivity contribution in [2.24, 2.45) is 0 Å². The molecule has 6 nitrogen and oxygen atoms in total. The highest BCUT2D eigenvalue weighted by Crippen LogP contribution is 2.11. The van der Waals surface area contributed by atoms with E-state index in [-0.39, 0.29) is 30.3 Å². The summed E-state index contributed by atoms with van der Waals surface area (Å²) in [5.41, 5.74) is -0.265. The van der Waals surface area contributed by atoms with E-state index in [2.05, 4.69) is 10.6 Å². The van der Waals surface area contributed by atoms with Crippen molar-refractivity contribution in [2.45, 2.75) is 38.5 Å². The van der Waals surface area contributed by atoms with Crippen molar-refractivity contribution in [1.82, 2.24) is 15.5 Å². The molecule has 3 amide bonds.